The van der Waals surface area contributed by atoms with Crippen molar-refractivity contribution in [2.24, 2.45) is 7.05 Å². The summed E-state index contributed by atoms with van der Waals surface area (Å²) in [5.41, 5.74) is 0.592. The van der Waals surface area contributed by atoms with Crippen LogP contribution in [0.1, 0.15) is 10.5 Å². The van der Waals surface area contributed by atoms with Crippen molar-refractivity contribution in [1.29, 1.82) is 0 Å². The average molecular weight is 299 g/mol. The Morgan fingerprint density at radius 3 is 2.47 bits per heavy atom. The van der Waals surface area contributed by atoms with Crippen molar-refractivity contribution in [2.75, 3.05) is 0 Å². The number of aromatic carboxylic acids is 1. The largest absolute Gasteiger partial charge is 0.476 e. The molecule has 1 heterocycles. The first-order chi connectivity index (χ1) is 8.00. The Labute approximate surface area is 105 Å². The van der Waals surface area contributed by atoms with Crippen molar-refractivity contribution in [3.8, 4) is 11.4 Å². The summed E-state index contributed by atoms with van der Waals surface area (Å²) in [7, 11) is 1.68. The third-order valence-corrected chi connectivity index (χ3v) is 3.24. The number of benzene rings is 1. The summed E-state index contributed by atoms with van der Waals surface area (Å²) in [4.78, 5) is 14.9. The molecule has 0 radical (unpaired) electrons. The molecule has 0 amide bonds. The molecule has 88 valence electrons. The number of nitrogens with zero attached hydrogens (tertiary/aromatic N) is 2. The van der Waals surface area contributed by atoms with Crippen molar-refractivity contribution in [3.05, 3.63) is 40.4 Å². The summed E-state index contributed by atoms with van der Waals surface area (Å²) in [6.45, 7) is 0. The van der Waals surface area contributed by atoms with Crippen molar-refractivity contribution < 1.29 is 14.3 Å². The summed E-state index contributed by atoms with van der Waals surface area (Å²) >= 11 is 3.16. The van der Waals surface area contributed by atoms with E-state index in [4.69, 9.17) is 5.11 Å². The lowest BCUT2D eigenvalue weighted by Gasteiger charge is -2.01. The zero-order valence-corrected chi connectivity index (χ0v) is 10.4. The fourth-order valence-electron chi connectivity index (χ4n) is 1.47. The van der Waals surface area contributed by atoms with Crippen LogP contribution in [-0.2, 0) is 7.05 Å². The van der Waals surface area contributed by atoms with E-state index in [2.05, 4.69) is 20.9 Å². The van der Waals surface area contributed by atoms with E-state index in [1.807, 2.05) is 0 Å². The first-order valence-corrected chi connectivity index (χ1v) is 5.51. The Hall–Kier alpha value is -1.69. The van der Waals surface area contributed by atoms with Crippen LogP contribution in [-0.4, -0.2) is 20.6 Å². The summed E-state index contributed by atoms with van der Waals surface area (Å²) in [5.74, 6) is -0.990. The molecule has 0 aliphatic carbocycles. The SMILES string of the molecule is Cn1c(-c2ccc(F)cc2)nc(C(=O)O)c1Br. The number of carboxylic acid groups (broad SMARTS) is 1. The lowest BCUT2D eigenvalue weighted by molar-refractivity contribution is 0.0690. The van der Waals surface area contributed by atoms with Gasteiger partial charge < -0.3 is 9.67 Å². The average Bonchev–Trinajstić information content (AvgIpc) is 2.58. The highest BCUT2D eigenvalue weighted by Gasteiger charge is 2.18. The number of hydrogen-bond donors (Lipinski definition) is 1. The van der Waals surface area contributed by atoms with E-state index in [0.29, 0.717) is 16.0 Å². The Morgan fingerprint density at radius 1 is 1.41 bits per heavy atom. The highest BCUT2D eigenvalue weighted by atomic mass is 79.9. The van der Waals surface area contributed by atoms with E-state index in [0.717, 1.165) is 0 Å². The predicted octanol–water partition coefficient (Wildman–Crippen LogP) is 2.69. The minimum atomic E-state index is -1.11. The molecule has 17 heavy (non-hydrogen) atoms. The first kappa shape index (κ1) is 11.8. The van der Waals surface area contributed by atoms with Crippen LogP contribution in [0.25, 0.3) is 11.4 Å². The van der Waals surface area contributed by atoms with Gasteiger partial charge in [-0.2, -0.15) is 0 Å². The summed E-state index contributed by atoms with van der Waals surface area (Å²) in [6, 6.07) is 5.71. The maximum Gasteiger partial charge on any atom is 0.357 e. The number of aromatic nitrogens is 2. The molecule has 0 fully saturated rings. The third kappa shape index (κ3) is 2.08. The Morgan fingerprint density at radius 2 is 2.00 bits per heavy atom. The zero-order valence-electron chi connectivity index (χ0n) is 8.82. The minimum Gasteiger partial charge on any atom is -0.476 e. The van der Waals surface area contributed by atoms with Gasteiger partial charge in [0.2, 0.25) is 0 Å². The normalized spacial score (nSPS) is 10.5. The van der Waals surface area contributed by atoms with Crippen molar-refractivity contribution >= 4 is 21.9 Å². The molecule has 0 aliphatic heterocycles. The van der Waals surface area contributed by atoms with Gasteiger partial charge in [-0.05, 0) is 40.2 Å². The second-order valence-electron chi connectivity index (χ2n) is 3.45. The molecule has 1 aromatic heterocycles. The molecule has 2 aromatic rings. The van der Waals surface area contributed by atoms with Gasteiger partial charge in [-0.3, -0.25) is 0 Å². The monoisotopic (exact) mass is 298 g/mol. The maximum atomic E-state index is 12.8. The second kappa shape index (κ2) is 4.29. The van der Waals surface area contributed by atoms with E-state index < -0.39 is 5.97 Å². The summed E-state index contributed by atoms with van der Waals surface area (Å²) in [6.07, 6.45) is 0. The molecule has 2 rings (SSSR count). The molecule has 0 aliphatic rings. The molecule has 0 atom stereocenters. The van der Waals surface area contributed by atoms with E-state index in [1.54, 1.807) is 23.7 Å². The molecule has 1 N–H and O–H groups in total. The van der Waals surface area contributed by atoms with Gasteiger partial charge in [0.1, 0.15) is 16.2 Å². The van der Waals surface area contributed by atoms with Crippen LogP contribution in [0.15, 0.2) is 28.9 Å². The Kier molecular flexibility index (Phi) is 2.97. The van der Waals surface area contributed by atoms with Crippen molar-refractivity contribution in [2.45, 2.75) is 0 Å². The Bertz CT molecular complexity index is 578. The van der Waals surface area contributed by atoms with Crippen LogP contribution >= 0.6 is 15.9 Å². The number of rotatable bonds is 2. The number of carbonyl (C=O) groups is 1. The van der Waals surface area contributed by atoms with Crippen LogP contribution in [0.4, 0.5) is 4.39 Å². The van der Waals surface area contributed by atoms with Gasteiger partial charge in [-0.1, -0.05) is 0 Å². The summed E-state index contributed by atoms with van der Waals surface area (Å²) < 4.78 is 14.8. The van der Waals surface area contributed by atoms with E-state index in [-0.39, 0.29) is 11.5 Å². The second-order valence-corrected chi connectivity index (χ2v) is 4.20. The molecule has 0 saturated heterocycles. The molecule has 0 spiro atoms. The van der Waals surface area contributed by atoms with E-state index in [1.165, 1.54) is 12.1 Å². The van der Waals surface area contributed by atoms with Crippen LogP contribution in [0.3, 0.4) is 0 Å². The highest BCUT2D eigenvalue weighted by Crippen LogP contribution is 2.25. The molecule has 4 nitrogen and oxygen atoms in total. The third-order valence-electron chi connectivity index (χ3n) is 2.33. The smallest absolute Gasteiger partial charge is 0.357 e. The molecule has 0 bridgehead atoms. The number of imidazole rings is 1. The molecule has 6 heteroatoms. The van der Waals surface area contributed by atoms with Crippen LogP contribution < -0.4 is 0 Å². The van der Waals surface area contributed by atoms with Gasteiger partial charge >= 0.3 is 5.97 Å². The zero-order chi connectivity index (χ0) is 12.6. The number of carboxylic acids is 1. The standard InChI is InChI=1S/C11H8BrFN2O2/c1-15-9(12)8(11(16)17)14-10(15)6-2-4-7(13)5-3-6/h2-5H,1H3,(H,16,17). The highest BCUT2D eigenvalue weighted by molar-refractivity contribution is 9.10. The van der Waals surface area contributed by atoms with Crippen molar-refractivity contribution in [3.63, 3.8) is 0 Å². The van der Waals surface area contributed by atoms with Gasteiger partial charge in [0.15, 0.2) is 5.69 Å². The van der Waals surface area contributed by atoms with Gasteiger partial charge in [0.05, 0.1) is 0 Å². The maximum absolute atomic E-state index is 12.8. The van der Waals surface area contributed by atoms with Gasteiger partial charge in [-0.25, -0.2) is 14.2 Å². The van der Waals surface area contributed by atoms with Crippen LogP contribution in [0.2, 0.25) is 0 Å². The molecule has 0 unspecified atom stereocenters. The fourth-order valence-corrected chi connectivity index (χ4v) is 1.90. The predicted molar refractivity (Wildman–Crippen MR) is 63.3 cm³/mol. The lowest BCUT2D eigenvalue weighted by atomic mass is 10.2. The minimum absolute atomic E-state index is 0.0631. The topological polar surface area (TPSA) is 55.1 Å². The van der Waals surface area contributed by atoms with E-state index in [9.17, 15) is 9.18 Å². The summed E-state index contributed by atoms with van der Waals surface area (Å²) in [5, 5.41) is 8.93. The Balaban J connectivity index is 2.56. The van der Waals surface area contributed by atoms with Crippen molar-refractivity contribution in [1.82, 2.24) is 9.55 Å². The van der Waals surface area contributed by atoms with Crippen LogP contribution in [0.5, 0.6) is 0 Å². The number of halogens is 2. The van der Waals surface area contributed by atoms with E-state index >= 15 is 0 Å². The van der Waals surface area contributed by atoms with Gasteiger partial charge in [0.25, 0.3) is 0 Å². The fraction of sp³-hybridized carbons (Fsp3) is 0.0909. The van der Waals surface area contributed by atoms with Gasteiger partial charge in [0, 0.05) is 12.6 Å². The molecular formula is C11H8BrFN2O2. The lowest BCUT2D eigenvalue weighted by Crippen LogP contribution is -1.97. The van der Waals surface area contributed by atoms with Crippen LogP contribution in [0, 0.1) is 5.82 Å². The van der Waals surface area contributed by atoms with Gasteiger partial charge in [-0.15, -0.1) is 0 Å². The first-order valence-electron chi connectivity index (χ1n) is 4.72. The molecule has 0 saturated carbocycles. The number of hydrogen-bond acceptors (Lipinski definition) is 2. The molecular weight excluding hydrogens is 291 g/mol. The molecule has 1 aromatic carbocycles. The quantitative estimate of drug-likeness (QED) is 0.927.